The molecule has 0 aliphatic carbocycles. The van der Waals surface area contributed by atoms with Crippen molar-refractivity contribution in [2.75, 3.05) is 5.73 Å². The third kappa shape index (κ3) is 1.70. The zero-order valence-electron chi connectivity index (χ0n) is 9.82. The van der Waals surface area contributed by atoms with Gasteiger partial charge in [-0.15, -0.1) is 0 Å². The first-order valence-electron chi connectivity index (χ1n) is 5.59. The van der Waals surface area contributed by atoms with Crippen molar-refractivity contribution in [3.63, 3.8) is 0 Å². The average Bonchev–Trinajstić information content (AvgIpc) is 2.82. The second-order valence-corrected chi connectivity index (χ2v) is 4.02. The molecule has 2 heterocycles. The van der Waals surface area contributed by atoms with E-state index >= 15 is 0 Å². The smallest absolute Gasteiger partial charge is 0.337 e. The number of nitrogen functional groups attached to an aromatic ring is 1. The molecule has 94 valence electrons. The Balaban J connectivity index is 2.28. The number of para-hydroxylation sites is 1. The lowest BCUT2D eigenvalue weighted by Crippen LogP contribution is -2.09. The normalized spacial score (nSPS) is 10.7. The first-order valence-corrected chi connectivity index (χ1v) is 5.59. The first-order chi connectivity index (χ1) is 9.18. The lowest BCUT2D eigenvalue weighted by atomic mass is 10.2. The van der Waals surface area contributed by atoms with Crippen molar-refractivity contribution < 1.29 is 9.90 Å². The summed E-state index contributed by atoms with van der Waals surface area (Å²) in [6.45, 7) is 0. The van der Waals surface area contributed by atoms with Crippen molar-refractivity contribution in [3.05, 3.63) is 48.3 Å². The molecule has 3 N–H and O–H groups in total. The molecule has 3 aromatic rings. The zero-order valence-corrected chi connectivity index (χ0v) is 9.82. The van der Waals surface area contributed by atoms with Gasteiger partial charge in [0.1, 0.15) is 0 Å². The summed E-state index contributed by atoms with van der Waals surface area (Å²) in [6, 6.07) is 8.93. The second-order valence-electron chi connectivity index (χ2n) is 4.02. The fraction of sp³-hybridized carbons (Fsp3) is 0. The van der Waals surface area contributed by atoms with E-state index in [2.05, 4.69) is 10.1 Å². The van der Waals surface area contributed by atoms with Gasteiger partial charge in [-0.25, -0.2) is 14.5 Å². The van der Waals surface area contributed by atoms with Crippen LogP contribution in [0.2, 0.25) is 0 Å². The van der Waals surface area contributed by atoms with Gasteiger partial charge >= 0.3 is 5.97 Å². The van der Waals surface area contributed by atoms with E-state index < -0.39 is 5.97 Å². The van der Waals surface area contributed by atoms with Gasteiger partial charge < -0.3 is 10.8 Å². The lowest BCUT2D eigenvalue weighted by Gasteiger charge is -2.08. The molecule has 0 atom stereocenters. The number of carbonyl (C=O) groups is 1. The third-order valence-corrected chi connectivity index (χ3v) is 2.88. The summed E-state index contributed by atoms with van der Waals surface area (Å²) < 4.78 is 1.54. The number of carboxylic acid groups (broad SMARTS) is 1. The van der Waals surface area contributed by atoms with Crippen LogP contribution in [0.5, 0.6) is 0 Å². The molecule has 0 unspecified atom stereocenters. The SMILES string of the molecule is Nc1c(C(=O)O)ccnc1-n1ncc2ccccc21. The van der Waals surface area contributed by atoms with E-state index in [4.69, 9.17) is 10.8 Å². The number of hydrogen-bond acceptors (Lipinski definition) is 4. The van der Waals surface area contributed by atoms with E-state index in [1.165, 1.54) is 16.9 Å². The molecule has 0 saturated heterocycles. The summed E-state index contributed by atoms with van der Waals surface area (Å²) in [7, 11) is 0. The number of pyridine rings is 1. The van der Waals surface area contributed by atoms with Gasteiger partial charge in [0.05, 0.1) is 23.0 Å². The summed E-state index contributed by atoms with van der Waals surface area (Å²) in [5.74, 6) is -0.765. The number of aromatic nitrogens is 3. The number of hydrogen-bond donors (Lipinski definition) is 2. The maximum atomic E-state index is 11.1. The molecule has 1 aromatic carbocycles. The van der Waals surface area contributed by atoms with Crippen LogP contribution in [0.25, 0.3) is 16.7 Å². The van der Waals surface area contributed by atoms with Gasteiger partial charge in [-0.1, -0.05) is 18.2 Å². The Bertz CT molecular complexity index is 779. The van der Waals surface area contributed by atoms with Gasteiger partial charge in [0.25, 0.3) is 0 Å². The largest absolute Gasteiger partial charge is 0.478 e. The van der Waals surface area contributed by atoms with Crippen molar-refractivity contribution in [2.24, 2.45) is 0 Å². The molecule has 19 heavy (non-hydrogen) atoms. The highest BCUT2D eigenvalue weighted by molar-refractivity contribution is 5.95. The standard InChI is InChI=1S/C13H10N4O2/c14-11-9(13(18)19)5-6-15-12(11)17-10-4-2-1-3-8(10)7-16-17/h1-7H,14H2,(H,18,19). The quantitative estimate of drug-likeness (QED) is 0.725. The Kier molecular flexibility index (Phi) is 2.42. The maximum Gasteiger partial charge on any atom is 0.337 e. The second kappa shape index (κ2) is 4.09. The molecule has 6 nitrogen and oxygen atoms in total. The van der Waals surface area contributed by atoms with E-state index in [1.807, 2.05) is 24.3 Å². The predicted octanol–water partition coefficient (Wildman–Crippen LogP) is 1.70. The molecule has 0 aliphatic rings. The average molecular weight is 254 g/mol. The van der Waals surface area contributed by atoms with E-state index in [0.717, 1.165) is 10.9 Å². The number of carboxylic acids is 1. The Morgan fingerprint density at radius 3 is 2.84 bits per heavy atom. The molecule has 0 fully saturated rings. The molecule has 0 spiro atoms. The van der Waals surface area contributed by atoms with Crippen LogP contribution in [0.3, 0.4) is 0 Å². The zero-order chi connectivity index (χ0) is 13.4. The van der Waals surface area contributed by atoms with Crippen LogP contribution in [-0.2, 0) is 0 Å². The molecule has 0 radical (unpaired) electrons. The van der Waals surface area contributed by atoms with Crippen LogP contribution in [0, 0.1) is 0 Å². The minimum absolute atomic E-state index is 0.0181. The topological polar surface area (TPSA) is 94.0 Å². The maximum absolute atomic E-state index is 11.1. The van der Waals surface area contributed by atoms with Gasteiger partial charge in [-0.2, -0.15) is 5.10 Å². The van der Waals surface area contributed by atoms with Gasteiger partial charge in [-0.05, 0) is 12.1 Å². The van der Waals surface area contributed by atoms with Crippen LogP contribution in [0.1, 0.15) is 10.4 Å². The summed E-state index contributed by atoms with van der Waals surface area (Å²) in [6.07, 6.45) is 3.09. The predicted molar refractivity (Wildman–Crippen MR) is 70.2 cm³/mol. The van der Waals surface area contributed by atoms with E-state index in [1.54, 1.807) is 6.20 Å². The van der Waals surface area contributed by atoms with E-state index in [-0.39, 0.29) is 11.3 Å². The van der Waals surface area contributed by atoms with Gasteiger partial charge in [-0.3, -0.25) is 0 Å². The Labute approximate surface area is 108 Å². The molecule has 2 aromatic heterocycles. The minimum Gasteiger partial charge on any atom is -0.478 e. The van der Waals surface area contributed by atoms with Crippen molar-refractivity contribution in [1.82, 2.24) is 14.8 Å². The molecule has 3 rings (SSSR count). The fourth-order valence-electron chi connectivity index (χ4n) is 1.96. The molecular formula is C13H10N4O2. The molecule has 0 saturated carbocycles. The summed E-state index contributed by atoms with van der Waals surface area (Å²) >= 11 is 0. The highest BCUT2D eigenvalue weighted by Crippen LogP contribution is 2.23. The van der Waals surface area contributed by atoms with Crippen molar-refractivity contribution >= 4 is 22.6 Å². The minimum atomic E-state index is -1.09. The fourth-order valence-corrected chi connectivity index (χ4v) is 1.96. The summed E-state index contributed by atoms with van der Waals surface area (Å²) in [5, 5.41) is 14.2. The number of nitrogens with zero attached hydrogens (tertiary/aromatic N) is 3. The van der Waals surface area contributed by atoms with Crippen molar-refractivity contribution in [3.8, 4) is 5.82 Å². The number of fused-ring (bicyclic) bond motifs is 1. The number of rotatable bonds is 2. The van der Waals surface area contributed by atoms with Gasteiger partial charge in [0.15, 0.2) is 5.82 Å². The summed E-state index contributed by atoms with van der Waals surface area (Å²) in [4.78, 5) is 15.2. The van der Waals surface area contributed by atoms with Crippen LogP contribution in [0.15, 0.2) is 42.7 Å². The number of benzene rings is 1. The Morgan fingerprint density at radius 2 is 2.05 bits per heavy atom. The van der Waals surface area contributed by atoms with Crippen molar-refractivity contribution in [1.29, 1.82) is 0 Å². The highest BCUT2D eigenvalue weighted by atomic mass is 16.4. The van der Waals surface area contributed by atoms with E-state index in [9.17, 15) is 4.79 Å². The number of nitrogens with two attached hydrogens (primary N) is 1. The van der Waals surface area contributed by atoms with Gasteiger partial charge in [0.2, 0.25) is 0 Å². The lowest BCUT2D eigenvalue weighted by molar-refractivity contribution is 0.0698. The van der Waals surface area contributed by atoms with Gasteiger partial charge in [0, 0.05) is 11.6 Å². The van der Waals surface area contributed by atoms with Crippen molar-refractivity contribution in [2.45, 2.75) is 0 Å². The van der Waals surface area contributed by atoms with Crippen LogP contribution in [0.4, 0.5) is 5.69 Å². The van der Waals surface area contributed by atoms with Crippen LogP contribution in [-0.4, -0.2) is 25.8 Å². The Morgan fingerprint density at radius 1 is 1.26 bits per heavy atom. The van der Waals surface area contributed by atoms with Crippen LogP contribution < -0.4 is 5.73 Å². The highest BCUT2D eigenvalue weighted by Gasteiger charge is 2.15. The van der Waals surface area contributed by atoms with Crippen LogP contribution >= 0.6 is 0 Å². The summed E-state index contributed by atoms with van der Waals surface area (Å²) in [5.41, 5.74) is 6.80. The molecule has 0 amide bonds. The molecule has 0 aliphatic heterocycles. The Hall–Kier alpha value is -2.89. The first kappa shape index (κ1) is 11.2. The van der Waals surface area contributed by atoms with E-state index in [0.29, 0.717) is 5.82 Å². The monoisotopic (exact) mass is 254 g/mol. The molecule has 0 bridgehead atoms. The third-order valence-electron chi connectivity index (χ3n) is 2.88. The molecule has 6 heteroatoms. The molecular weight excluding hydrogens is 244 g/mol. The number of anilines is 1. The number of aromatic carboxylic acids is 1.